The Kier molecular flexibility index (Phi) is 4.03. The van der Waals surface area contributed by atoms with Crippen molar-refractivity contribution in [3.63, 3.8) is 0 Å². The van der Waals surface area contributed by atoms with E-state index in [9.17, 15) is 24.0 Å². The summed E-state index contributed by atoms with van der Waals surface area (Å²) in [4.78, 5) is 64.7. The first kappa shape index (κ1) is 17.6. The molecule has 2 aliphatic rings. The molecule has 0 fully saturated rings. The van der Waals surface area contributed by atoms with Gasteiger partial charge in [-0.05, 0) is 24.3 Å². The molecule has 28 heavy (non-hydrogen) atoms. The van der Waals surface area contributed by atoms with Gasteiger partial charge < -0.3 is 4.74 Å². The van der Waals surface area contributed by atoms with E-state index in [2.05, 4.69) is 0 Å². The van der Waals surface area contributed by atoms with E-state index < -0.39 is 42.2 Å². The minimum Gasteiger partial charge on any atom is -0.467 e. The summed E-state index contributed by atoms with van der Waals surface area (Å²) < 4.78 is 4.74. The standard InChI is InChI=1S/C20H14N2O6/c1-28-20(27)15(22-18(25)13-8-4-5-9-14(13)19(22)26)10-21-16(23)11-6-2-3-7-12(11)17(21)24/h2-9,15H,10H2,1H3. The molecule has 4 rings (SSSR count). The molecule has 0 aromatic heterocycles. The van der Waals surface area contributed by atoms with Crippen molar-refractivity contribution in [2.24, 2.45) is 0 Å². The van der Waals surface area contributed by atoms with Gasteiger partial charge in [0.05, 0.1) is 35.9 Å². The molecule has 8 heteroatoms. The number of rotatable bonds is 4. The summed E-state index contributed by atoms with van der Waals surface area (Å²) in [5, 5.41) is 0. The van der Waals surface area contributed by atoms with Crippen LogP contribution in [0, 0.1) is 0 Å². The highest BCUT2D eigenvalue weighted by molar-refractivity contribution is 6.24. The van der Waals surface area contributed by atoms with Crippen LogP contribution < -0.4 is 0 Å². The maximum Gasteiger partial charge on any atom is 0.330 e. The molecule has 0 saturated carbocycles. The number of amides is 4. The van der Waals surface area contributed by atoms with Crippen molar-refractivity contribution in [2.75, 3.05) is 13.7 Å². The number of fused-ring (bicyclic) bond motifs is 2. The lowest BCUT2D eigenvalue weighted by atomic mass is 10.1. The summed E-state index contributed by atoms with van der Waals surface area (Å²) in [5.74, 6) is -3.43. The molecule has 0 N–H and O–H groups in total. The van der Waals surface area contributed by atoms with Crippen LogP contribution >= 0.6 is 0 Å². The van der Waals surface area contributed by atoms with Crippen molar-refractivity contribution in [1.29, 1.82) is 0 Å². The van der Waals surface area contributed by atoms with Crippen LogP contribution in [0.25, 0.3) is 0 Å². The van der Waals surface area contributed by atoms with E-state index in [-0.39, 0.29) is 22.3 Å². The molecule has 0 spiro atoms. The van der Waals surface area contributed by atoms with E-state index >= 15 is 0 Å². The maximum absolute atomic E-state index is 12.7. The van der Waals surface area contributed by atoms with E-state index in [0.717, 1.165) is 16.9 Å². The molecule has 4 amide bonds. The summed E-state index contributed by atoms with van der Waals surface area (Å²) in [6, 6.07) is 11.0. The van der Waals surface area contributed by atoms with Gasteiger partial charge in [-0.1, -0.05) is 24.3 Å². The van der Waals surface area contributed by atoms with Gasteiger partial charge in [-0.2, -0.15) is 0 Å². The van der Waals surface area contributed by atoms with E-state index in [1.807, 2.05) is 0 Å². The molecular weight excluding hydrogens is 364 g/mol. The van der Waals surface area contributed by atoms with Gasteiger partial charge in [-0.15, -0.1) is 0 Å². The number of carbonyl (C=O) groups is 5. The average molecular weight is 378 g/mol. The van der Waals surface area contributed by atoms with Gasteiger partial charge >= 0.3 is 5.97 Å². The molecule has 1 atom stereocenters. The lowest BCUT2D eigenvalue weighted by molar-refractivity contribution is -0.145. The highest BCUT2D eigenvalue weighted by atomic mass is 16.5. The number of ether oxygens (including phenoxy) is 1. The fraction of sp³-hybridized carbons (Fsp3) is 0.150. The van der Waals surface area contributed by atoms with Crippen molar-refractivity contribution >= 4 is 29.6 Å². The molecule has 2 aromatic rings. The zero-order chi connectivity index (χ0) is 20.0. The molecule has 0 bridgehead atoms. The number of carbonyl (C=O) groups excluding carboxylic acids is 5. The van der Waals surface area contributed by atoms with Crippen LogP contribution in [0.4, 0.5) is 0 Å². The number of benzene rings is 2. The van der Waals surface area contributed by atoms with Crippen LogP contribution in [0.2, 0.25) is 0 Å². The SMILES string of the molecule is COC(=O)C(CN1C(=O)c2ccccc2C1=O)N1C(=O)c2ccccc2C1=O. The second kappa shape index (κ2) is 6.41. The molecule has 140 valence electrons. The Morgan fingerprint density at radius 3 is 1.57 bits per heavy atom. The third-order valence-corrected chi connectivity index (χ3v) is 4.84. The zero-order valence-electron chi connectivity index (χ0n) is 14.7. The van der Waals surface area contributed by atoms with Crippen molar-refractivity contribution in [2.45, 2.75) is 6.04 Å². The molecule has 8 nitrogen and oxygen atoms in total. The van der Waals surface area contributed by atoms with Crippen LogP contribution in [0.15, 0.2) is 48.5 Å². The Morgan fingerprint density at radius 2 is 1.18 bits per heavy atom. The van der Waals surface area contributed by atoms with Crippen LogP contribution in [0.1, 0.15) is 41.4 Å². The van der Waals surface area contributed by atoms with Crippen molar-refractivity contribution in [3.8, 4) is 0 Å². The minimum absolute atomic E-state index is 0.156. The third-order valence-electron chi connectivity index (χ3n) is 4.84. The van der Waals surface area contributed by atoms with Crippen molar-refractivity contribution in [1.82, 2.24) is 9.80 Å². The Morgan fingerprint density at radius 1 is 0.786 bits per heavy atom. The highest BCUT2D eigenvalue weighted by Crippen LogP contribution is 2.28. The summed E-state index contributed by atoms with van der Waals surface area (Å²) in [6.07, 6.45) is 0. The van der Waals surface area contributed by atoms with Gasteiger partial charge in [0, 0.05) is 0 Å². The van der Waals surface area contributed by atoms with E-state index in [4.69, 9.17) is 4.74 Å². The van der Waals surface area contributed by atoms with Gasteiger partial charge in [-0.3, -0.25) is 29.0 Å². The molecule has 2 aromatic carbocycles. The third kappa shape index (κ3) is 2.42. The van der Waals surface area contributed by atoms with Crippen LogP contribution in [-0.2, 0) is 9.53 Å². The summed E-state index contributed by atoms with van der Waals surface area (Å²) in [5.41, 5.74) is 0.726. The highest BCUT2D eigenvalue weighted by Gasteiger charge is 2.46. The number of esters is 1. The Labute approximate surface area is 159 Å². The van der Waals surface area contributed by atoms with Crippen LogP contribution in [0.3, 0.4) is 0 Å². The molecule has 0 aliphatic carbocycles. The normalized spacial score (nSPS) is 16.3. The minimum atomic E-state index is -1.44. The molecule has 2 heterocycles. The molecular formula is C20H14N2O6. The van der Waals surface area contributed by atoms with Gasteiger partial charge in [-0.25, -0.2) is 4.79 Å². The molecule has 1 unspecified atom stereocenters. The predicted octanol–water partition coefficient (Wildman–Crippen LogP) is 1.12. The Hall–Kier alpha value is -3.81. The van der Waals surface area contributed by atoms with E-state index in [1.165, 1.54) is 24.3 Å². The molecule has 0 radical (unpaired) electrons. The fourth-order valence-electron chi connectivity index (χ4n) is 3.47. The van der Waals surface area contributed by atoms with Gasteiger partial charge in [0.2, 0.25) is 0 Å². The topological polar surface area (TPSA) is 101 Å². The van der Waals surface area contributed by atoms with Crippen LogP contribution in [-0.4, -0.2) is 59.1 Å². The number of methoxy groups -OCH3 is 1. The number of hydrogen-bond acceptors (Lipinski definition) is 6. The number of nitrogens with zero attached hydrogens (tertiary/aromatic N) is 2. The van der Waals surface area contributed by atoms with Gasteiger partial charge in [0.25, 0.3) is 23.6 Å². The number of hydrogen-bond donors (Lipinski definition) is 0. The second-order valence-corrected chi connectivity index (χ2v) is 6.33. The first-order valence-corrected chi connectivity index (χ1v) is 8.45. The monoisotopic (exact) mass is 378 g/mol. The van der Waals surface area contributed by atoms with Gasteiger partial charge in [0.15, 0.2) is 6.04 Å². The van der Waals surface area contributed by atoms with Crippen LogP contribution in [0.5, 0.6) is 0 Å². The lowest BCUT2D eigenvalue weighted by Gasteiger charge is -2.27. The van der Waals surface area contributed by atoms with Crippen molar-refractivity contribution in [3.05, 3.63) is 70.8 Å². The Bertz CT molecular complexity index is 990. The smallest absolute Gasteiger partial charge is 0.330 e. The largest absolute Gasteiger partial charge is 0.467 e. The summed E-state index contributed by atoms with van der Waals surface area (Å²) in [7, 11) is 1.11. The Balaban J connectivity index is 1.69. The maximum atomic E-state index is 12.7. The average Bonchev–Trinajstić information content (AvgIpc) is 3.11. The van der Waals surface area contributed by atoms with E-state index in [0.29, 0.717) is 0 Å². The summed E-state index contributed by atoms with van der Waals surface area (Å²) >= 11 is 0. The summed E-state index contributed by atoms with van der Waals surface area (Å²) in [6.45, 7) is -0.482. The molecule has 0 saturated heterocycles. The second-order valence-electron chi connectivity index (χ2n) is 6.33. The molecule has 2 aliphatic heterocycles. The quantitative estimate of drug-likeness (QED) is 0.584. The fourth-order valence-corrected chi connectivity index (χ4v) is 3.47. The van der Waals surface area contributed by atoms with Crippen molar-refractivity contribution < 1.29 is 28.7 Å². The van der Waals surface area contributed by atoms with E-state index in [1.54, 1.807) is 24.3 Å². The first-order chi connectivity index (χ1) is 13.5. The van der Waals surface area contributed by atoms with Gasteiger partial charge in [0.1, 0.15) is 0 Å². The zero-order valence-corrected chi connectivity index (χ0v) is 14.7. The first-order valence-electron chi connectivity index (χ1n) is 8.45. The number of imide groups is 2. The predicted molar refractivity (Wildman–Crippen MR) is 94.6 cm³/mol. The lowest BCUT2D eigenvalue weighted by Crippen LogP contribution is -2.52.